The van der Waals surface area contributed by atoms with E-state index in [0.29, 0.717) is 12.0 Å². The van der Waals surface area contributed by atoms with E-state index in [4.69, 9.17) is 9.47 Å². The van der Waals surface area contributed by atoms with Crippen LogP contribution in [0.25, 0.3) is 0 Å². The van der Waals surface area contributed by atoms with E-state index in [9.17, 15) is 20.4 Å². The molecule has 1 fully saturated rings. The Kier molecular flexibility index (Phi) is 5.26. The van der Waals surface area contributed by atoms with Gasteiger partial charge in [0.1, 0.15) is 24.4 Å². The van der Waals surface area contributed by atoms with Crippen LogP contribution in [0.15, 0.2) is 42.5 Å². The molecule has 2 aliphatic heterocycles. The van der Waals surface area contributed by atoms with Gasteiger partial charge < -0.3 is 29.9 Å². The van der Waals surface area contributed by atoms with E-state index in [2.05, 4.69) is 31.2 Å². The van der Waals surface area contributed by atoms with Crippen LogP contribution in [-0.4, -0.2) is 51.4 Å². The van der Waals surface area contributed by atoms with E-state index < -0.39 is 36.8 Å². The summed E-state index contributed by atoms with van der Waals surface area (Å²) >= 11 is 0. The fraction of sp³-hybridized carbons (Fsp3) is 0.455. The Morgan fingerprint density at radius 1 is 1.00 bits per heavy atom. The van der Waals surface area contributed by atoms with Gasteiger partial charge in [0.05, 0.1) is 13.2 Å². The lowest BCUT2D eigenvalue weighted by Crippen LogP contribution is -2.63. The molecule has 0 unspecified atom stereocenters. The second-order valence-corrected chi connectivity index (χ2v) is 7.51. The van der Waals surface area contributed by atoms with Crippen molar-refractivity contribution in [1.82, 2.24) is 0 Å². The van der Waals surface area contributed by atoms with Gasteiger partial charge in [-0.3, -0.25) is 0 Å². The summed E-state index contributed by atoms with van der Waals surface area (Å²) in [5.74, 6) is -1.59. The maximum absolute atomic E-state index is 10.7. The van der Waals surface area contributed by atoms with Gasteiger partial charge in [0.2, 0.25) is 5.79 Å². The van der Waals surface area contributed by atoms with Crippen LogP contribution in [-0.2, 0) is 34.7 Å². The summed E-state index contributed by atoms with van der Waals surface area (Å²) in [5.41, 5.74) is 5.04. The smallest absolute Gasteiger partial charge is 0.225 e. The Morgan fingerprint density at radius 2 is 1.71 bits per heavy atom. The lowest BCUT2D eigenvalue weighted by molar-refractivity contribution is -0.368. The largest absolute Gasteiger partial charge is 0.394 e. The Bertz CT molecular complexity index is 833. The highest BCUT2D eigenvalue weighted by Gasteiger charge is 2.58. The molecule has 28 heavy (non-hydrogen) atoms. The summed E-state index contributed by atoms with van der Waals surface area (Å²) in [6.45, 7) is 1.85. The first-order valence-corrected chi connectivity index (χ1v) is 9.66. The number of hydrogen-bond donors (Lipinski definition) is 4. The maximum atomic E-state index is 10.7. The minimum Gasteiger partial charge on any atom is -0.394 e. The number of fused-ring (bicyclic) bond motifs is 2. The van der Waals surface area contributed by atoms with Gasteiger partial charge in [0, 0.05) is 5.56 Å². The van der Waals surface area contributed by atoms with Crippen LogP contribution in [0.1, 0.15) is 34.7 Å². The number of ether oxygens (including phenoxy) is 2. The van der Waals surface area contributed by atoms with Crippen molar-refractivity contribution in [2.45, 2.75) is 56.6 Å². The van der Waals surface area contributed by atoms with Gasteiger partial charge in [-0.1, -0.05) is 49.4 Å². The van der Waals surface area contributed by atoms with Crippen molar-refractivity contribution in [2.24, 2.45) is 0 Å². The fourth-order valence-corrected chi connectivity index (χ4v) is 4.15. The topological polar surface area (TPSA) is 99.4 Å². The summed E-state index contributed by atoms with van der Waals surface area (Å²) in [5, 5.41) is 40.5. The number of hydrogen-bond acceptors (Lipinski definition) is 6. The highest BCUT2D eigenvalue weighted by Crippen LogP contribution is 2.46. The van der Waals surface area contributed by atoms with Gasteiger partial charge >= 0.3 is 0 Å². The van der Waals surface area contributed by atoms with Gasteiger partial charge in [-0.25, -0.2) is 0 Å². The molecule has 4 rings (SSSR count). The molecule has 0 amide bonds. The molecule has 0 aromatic heterocycles. The molecule has 0 saturated carbocycles. The number of aliphatic hydroxyl groups excluding tert-OH is 4. The number of benzene rings is 2. The quantitative estimate of drug-likeness (QED) is 0.626. The van der Waals surface area contributed by atoms with Crippen molar-refractivity contribution < 1.29 is 29.9 Å². The summed E-state index contributed by atoms with van der Waals surface area (Å²) < 4.78 is 11.7. The molecular weight excluding hydrogens is 360 g/mol. The molecule has 1 saturated heterocycles. The molecule has 0 radical (unpaired) electrons. The van der Waals surface area contributed by atoms with E-state index in [1.807, 2.05) is 12.1 Å². The lowest BCUT2D eigenvalue weighted by atomic mass is 9.86. The molecule has 6 nitrogen and oxygen atoms in total. The molecule has 5 atom stereocenters. The Morgan fingerprint density at radius 3 is 2.39 bits per heavy atom. The predicted molar refractivity (Wildman–Crippen MR) is 102 cm³/mol. The van der Waals surface area contributed by atoms with Crippen molar-refractivity contribution >= 4 is 0 Å². The zero-order chi connectivity index (χ0) is 19.9. The van der Waals surface area contributed by atoms with E-state index >= 15 is 0 Å². The van der Waals surface area contributed by atoms with E-state index in [-0.39, 0.29) is 6.61 Å². The van der Waals surface area contributed by atoms with E-state index in [0.717, 1.165) is 17.5 Å². The molecule has 2 aliphatic rings. The normalized spacial score (nSPS) is 31.9. The Labute approximate surface area is 164 Å². The highest BCUT2D eigenvalue weighted by atomic mass is 16.7. The monoisotopic (exact) mass is 386 g/mol. The maximum Gasteiger partial charge on any atom is 0.225 e. The SMILES string of the molecule is CCc1ccc(Cc2cccc3c2CO[C@]32O[C@H](CO)[C@@H](O)[C@H](O)[C@H]2O)cc1. The average molecular weight is 386 g/mol. The Balaban J connectivity index is 1.68. The molecule has 1 spiro atoms. The third-order valence-corrected chi connectivity index (χ3v) is 5.86. The van der Waals surface area contributed by atoms with Crippen molar-refractivity contribution in [2.75, 3.05) is 6.61 Å². The first-order chi connectivity index (χ1) is 13.5. The minimum absolute atomic E-state index is 0.219. The number of aryl methyl sites for hydroxylation is 1. The van der Waals surface area contributed by atoms with Crippen LogP contribution in [0.3, 0.4) is 0 Å². The number of aliphatic hydroxyl groups is 4. The zero-order valence-electron chi connectivity index (χ0n) is 15.8. The van der Waals surface area contributed by atoms with Crippen molar-refractivity contribution in [3.05, 3.63) is 70.3 Å². The molecule has 2 heterocycles. The molecule has 0 bridgehead atoms. The first-order valence-electron chi connectivity index (χ1n) is 9.66. The van der Waals surface area contributed by atoms with E-state index in [1.165, 1.54) is 11.1 Å². The lowest BCUT2D eigenvalue weighted by Gasteiger charge is -2.46. The molecule has 2 aromatic rings. The minimum atomic E-state index is -1.59. The van der Waals surface area contributed by atoms with Crippen molar-refractivity contribution in [3.8, 4) is 0 Å². The van der Waals surface area contributed by atoms with Gasteiger partial charge in [-0.2, -0.15) is 0 Å². The molecule has 2 aromatic carbocycles. The second kappa shape index (κ2) is 7.55. The first kappa shape index (κ1) is 19.5. The van der Waals surface area contributed by atoms with Gasteiger partial charge in [-0.15, -0.1) is 0 Å². The highest BCUT2D eigenvalue weighted by molar-refractivity contribution is 5.44. The molecule has 0 aliphatic carbocycles. The average Bonchev–Trinajstić information content (AvgIpc) is 3.10. The molecule has 6 heteroatoms. The van der Waals surface area contributed by atoms with Crippen LogP contribution in [0.4, 0.5) is 0 Å². The molecular formula is C22H26O6. The summed E-state index contributed by atoms with van der Waals surface area (Å²) in [7, 11) is 0. The predicted octanol–water partition coefficient (Wildman–Crippen LogP) is 0.997. The van der Waals surface area contributed by atoms with Crippen LogP contribution < -0.4 is 0 Å². The third-order valence-electron chi connectivity index (χ3n) is 5.86. The van der Waals surface area contributed by atoms with Gasteiger partial charge in [0.25, 0.3) is 0 Å². The fourth-order valence-electron chi connectivity index (χ4n) is 4.15. The van der Waals surface area contributed by atoms with Crippen LogP contribution >= 0.6 is 0 Å². The van der Waals surface area contributed by atoms with Crippen LogP contribution in [0.2, 0.25) is 0 Å². The summed E-state index contributed by atoms with van der Waals surface area (Å²) in [6, 6.07) is 14.1. The second-order valence-electron chi connectivity index (χ2n) is 7.51. The van der Waals surface area contributed by atoms with Crippen LogP contribution in [0.5, 0.6) is 0 Å². The standard InChI is InChI=1S/C22H26O6/c1-2-13-6-8-14(9-7-13)10-15-4-3-5-17-16(15)12-27-22(17)21(26)20(25)19(24)18(11-23)28-22/h3-9,18-21,23-26H,2,10-12H2,1H3/t18-,19-,20+,21-,22+/m1/s1. The van der Waals surface area contributed by atoms with Gasteiger partial charge in [0.15, 0.2) is 0 Å². The van der Waals surface area contributed by atoms with E-state index in [1.54, 1.807) is 6.07 Å². The summed E-state index contributed by atoms with van der Waals surface area (Å²) in [6.07, 6.45) is -3.69. The molecule has 4 N–H and O–H groups in total. The van der Waals surface area contributed by atoms with Gasteiger partial charge in [-0.05, 0) is 35.1 Å². The third kappa shape index (κ3) is 3.06. The molecule has 150 valence electrons. The van der Waals surface area contributed by atoms with Crippen LogP contribution in [0, 0.1) is 0 Å². The zero-order valence-corrected chi connectivity index (χ0v) is 15.8. The summed E-state index contributed by atoms with van der Waals surface area (Å²) in [4.78, 5) is 0. The van der Waals surface area contributed by atoms with Crippen molar-refractivity contribution in [1.29, 1.82) is 0 Å². The number of rotatable bonds is 4. The van der Waals surface area contributed by atoms with Crippen molar-refractivity contribution in [3.63, 3.8) is 0 Å². The Hall–Kier alpha value is -1.80.